The second-order valence-electron chi connectivity index (χ2n) is 5.84. The summed E-state index contributed by atoms with van der Waals surface area (Å²) in [7, 11) is -1.78. The number of halogens is 1. The minimum atomic E-state index is -3.15. The molecule has 2 rings (SSSR count). The van der Waals surface area contributed by atoms with Gasteiger partial charge >= 0.3 is 5.97 Å². The summed E-state index contributed by atoms with van der Waals surface area (Å²) in [4.78, 5) is 25.4. The number of piperidine rings is 1. The van der Waals surface area contributed by atoms with Crippen LogP contribution in [-0.2, 0) is 24.2 Å². The van der Waals surface area contributed by atoms with Crippen LogP contribution >= 0.6 is 11.6 Å². The molecule has 9 heteroatoms. The Morgan fingerprint density at radius 1 is 1.27 bits per heavy atom. The van der Waals surface area contributed by atoms with E-state index in [2.05, 4.69) is 5.32 Å². The molecule has 2 atom stereocenters. The number of methoxy groups -OCH3 is 1. The van der Waals surface area contributed by atoms with Crippen molar-refractivity contribution in [3.8, 4) is 0 Å². The van der Waals surface area contributed by atoms with E-state index in [1.54, 1.807) is 0 Å². The van der Waals surface area contributed by atoms with Gasteiger partial charge < -0.3 is 10.1 Å². The van der Waals surface area contributed by atoms with Crippen LogP contribution in [0.5, 0.6) is 0 Å². The molecular weight excluding hydrogens is 332 g/mol. The van der Waals surface area contributed by atoms with Crippen LogP contribution in [0.25, 0.3) is 0 Å². The van der Waals surface area contributed by atoms with Gasteiger partial charge in [0.25, 0.3) is 0 Å². The lowest BCUT2D eigenvalue weighted by Crippen LogP contribution is -2.47. The van der Waals surface area contributed by atoms with Gasteiger partial charge in [0, 0.05) is 0 Å². The normalized spacial score (nSPS) is 29.2. The van der Waals surface area contributed by atoms with E-state index in [-0.39, 0.29) is 35.8 Å². The highest BCUT2D eigenvalue weighted by Crippen LogP contribution is 2.19. The van der Waals surface area contributed by atoms with Gasteiger partial charge in [-0.15, -0.1) is 11.6 Å². The van der Waals surface area contributed by atoms with Crippen LogP contribution in [0, 0.1) is 5.92 Å². The number of esters is 1. The molecule has 22 heavy (non-hydrogen) atoms. The molecule has 1 amide bonds. The molecular formula is C13H21ClN2O5S. The van der Waals surface area contributed by atoms with Crippen molar-refractivity contribution >= 4 is 33.3 Å². The predicted molar refractivity (Wildman–Crippen MR) is 81.4 cm³/mol. The zero-order valence-electron chi connectivity index (χ0n) is 12.5. The number of sulfone groups is 1. The number of likely N-dealkylation sites (tertiary alicyclic amines) is 1. The van der Waals surface area contributed by atoms with Crippen LogP contribution in [0.1, 0.15) is 12.8 Å². The van der Waals surface area contributed by atoms with Crippen LogP contribution < -0.4 is 5.32 Å². The fourth-order valence-corrected chi connectivity index (χ4v) is 5.44. The number of ether oxygens (including phenoxy) is 1. The van der Waals surface area contributed by atoms with E-state index in [0.29, 0.717) is 25.9 Å². The Balaban J connectivity index is 1.76. The van der Waals surface area contributed by atoms with Crippen molar-refractivity contribution in [2.75, 3.05) is 38.2 Å². The van der Waals surface area contributed by atoms with Gasteiger partial charge in [-0.05, 0) is 25.9 Å². The summed E-state index contributed by atoms with van der Waals surface area (Å²) in [6.07, 6.45) is 1.33. The van der Waals surface area contributed by atoms with E-state index < -0.39 is 21.3 Å². The van der Waals surface area contributed by atoms with Crippen molar-refractivity contribution < 1.29 is 22.7 Å². The number of carbonyl (C=O) groups excluding carboxylic acids is 2. The molecule has 0 aliphatic carbocycles. The number of carbonyl (C=O) groups is 2. The first-order valence-corrected chi connectivity index (χ1v) is 9.50. The number of nitrogens with zero attached hydrogens (tertiary/aromatic N) is 1. The highest BCUT2D eigenvalue weighted by atomic mass is 35.5. The van der Waals surface area contributed by atoms with Crippen molar-refractivity contribution in [2.45, 2.75) is 24.3 Å². The molecule has 0 radical (unpaired) electrons. The van der Waals surface area contributed by atoms with E-state index >= 15 is 0 Å². The number of alkyl halides is 1. The minimum absolute atomic E-state index is 0.0932. The van der Waals surface area contributed by atoms with Crippen LogP contribution in [0.2, 0.25) is 0 Å². The molecule has 0 unspecified atom stereocenters. The van der Waals surface area contributed by atoms with Gasteiger partial charge in [0.1, 0.15) is 0 Å². The Morgan fingerprint density at radius 3 is 2.41 bits per heavy atom. The van der Waals surface area contributed by atoms with Crippen LogP contribution in [0.15, 0.2) is 0 Å². The molecule has 2 saturated heterocycles. The van der Waals surface area contributed by atoms with Gasteiger partial charge in [0.05, 0.1) is 42.5 Å². The highest BCUT2D eigenvalue weighted by molar-refractivity contribution is 7.91. The SMILES string of the molecule is COC(=O)C1CCN(CC(=O)N[C@H]2CS(=O)(=O)C[C@H]2Cl)CC1. The van der Waals surface area contributed by atoms with E-state index in [4.69, 9.17) is 16.3 Å². The summed E-state index contributed by atoms with van der Waals surface area (Å²) in [5.41, 5.74) is 0. The zero-order chi connectivity index (χ0) is 16.3. The molecule has 0 saturated carbocycles. The first-order valence-electron chi connectivity index (χ1n) is 7.25. The zero-order valence-corrected chi connectivity index (χ0v) is 14.0. The maximum Gasteiger partial charge on any atom is 0.308 e. The number of rotatable bonds is 4. The Kier molecular flexibility index (Phi) is 5.68. The third-order valence-electron chi connectivity index (χ3n) is 4.12. The Hall–Kier alpha value is -0.860. The van der Waals surface area contributed by atoms with Gasteiger partial charge in [0.15, 0.2) is 9.84 Å². The summed E-state index contributed by atoms with van der Waals surface area (Å²) in [6, 6.07) is -0.522. The Bertz CT molecular complexity index is 531. The standard InChI is InChI=1S/C13H21ClN2O5S/c1-21-13(18)9-2-4-16(5-3-9)6-12(17)15-11-8-22(19,20)7-10(11)14/h9-11H,2-8H2,1H3,(H,15,17)/t10-,11+/m1/s1. The molecule has 1 N–H and O–H groups in total. The van der Waals surface area contributed by atoms with Gasteiger partial charge in [-0.3, -0.25) is 14.5 Å². The number of nitrogens with one attached hydrogen (secondary N) is 1. The van der Waals surface area contributed by atoms with Crippen molar-refractivity contribution in [1.29, 1.82) is 0 Å². The predicted octanol–water partition coefficient (Wildman–Crippen LogP) is -0.608. The van der Waals surface area contributed by atoms with E-state index in [9.17, 15) is 18.0 Å². The number of hydrogen-bond donors (Lipinski definition) is 1. The molecule has 7 nitrogen and oxygen atoms in total. The molecule has 0 aromatic heterocycles. The second kappa shape index (κ2) is 7.14. The summed E-state index contributed by atoms with van der Waals surface area (Å²) < 4.78 is 27.6. The van der Waals surface area contributed by atoms with Gasteiger partial charge in [-0.2, -0.15) is 0 Å². The second-order valence-corrected chi connectivity index (χ2v) is 8.55. The molecule has 2 fully saturated rings. The molecule has 2 heterocycles. The molecule has 2 aliphatic heterocycles. The third-order valence-corrected chi connectivity index (χ3v) is 6.49. The maximum absolute atomic E-state index is 12.0. The molecule has 0 bridgehead atoms. The summed E-state index contributed by atoms with van der Waals surface area (Å²) in [6.45, 7) is 1.47. The monoisotopic (exact) mass is 352 g/mol. The average molecular weight is 353 g/mol. The first kappa shape index (κ1) is 17.5. The van der Waals surface area contributed by atoms with Gasteiger partial charge in [-0.25, -0.2) is 8.42 Å². The smallest absolute Gasteiger partial charge is 0.308 e. The van der Waals surface area contributed by atoms with E-state index in [0.717, 1.165) is 0 Å². The maximum atomic E-state index is 12.0. The van der Waals surface area contributed by atoms with E-state index in [1.165, 1.54) is 7.11 Å². The highest BCUT2D eigenvalue weighted by Gasteiger charge is 2.37. The quantitative estimate of drug-likeness (QED) is 0.536. The molecule has 0 aromatic carbocycles. The molecule has 126 valence electrons. The van der Waals surface area contributed by atoms with Crippen LogP contribution in [0.3, 0.4) is 0 Å². The fraction of sp³-hybridized carbons (Fsp3) is 0.846. The number of hydrogen-bond acceptors (Lipinski definition) is 6. The van der Waals surface area contributed by atoms with Crippen molar-refractivity contribution in [2.24, 2.45) is 5.92 Å². The van der Waals surface area contributed by atoms with E-state index in [1.807, 2.05) is 4.90 Å². The third kappa shape index (κ3) is 4.57. The first-order chi connectivity index (χ1) is 10.3. The fourth-order valence-electron chi connectivity index (χ4n) is 2.89. The van der Waals surface area contributed by atoms with Crippen molar-refractivity contribution in [3.05, 3.63) is 0 Å². The van der Waals surface area contributed by atoms with Crippen LogP contribution in [0.4, 0.5) is 0 Å². The lowest BCUT2D eigenvalue weighted by atomic mass is 9.97. The Morgan fingerprint density at radius 2 is 1.91 bits per heavy atom. The summed E-state index contributed by atoms with van der Waals surface area (Å²) in [5, 5.41) is 2.12. The number of amides is 1. The molecule has 2 aliphatic rings. The lowest BCUT2D eigenvalue weighted by Gasteiger charge is -2.30. The summed E-state index contributed by atoms with van der Waals surface area (Å²) in [5.74, 6) is -0.729. The van der Waals surface area contributed by atoms with Crippen molar-refractivity contribution in [1.82, 2.24) is 10.2 Å². The van der Waals surface area contributed by atoms with Gasteiger partial charge in [0.2, 0.25) is 5.91 Å². The Labute approximate surface area is 135 Å². The summed E-state index contributed by atoms with van der Waals surface area (Å²) >= 11 is 5.96. The lowest BCUT2D eigenvalue weighted by molar-refractivity contribution is -0.147. The van der Waals surface area contributed by atoms with Gasteiger partial charge in [-0.1, -0.05) is 0 Å². The van der Waals surface area contributed by atoms with Crippen molar-refractivity contribution in [3.63, 3.8) is 0 Å². The molecule has 0 aromatic rings. The largest absolute Gasteiger partial charge is 0.469 e. The van der Waals surface area contributed by atoms with Crippen LogP contribution in [-0.4, -0.2) is 74.9 Å². The topological polar surface area (TPSA) is 92.8 Å². The molecule has 0 spiro atoms. The minimum Gasteiger partial charge on any atom is -0.469 e. The average Bonchev–Trinajstić information content (AvgIpc) is 2.71.